The van der Waals surface area contributed by atoms with Crippen LogP contribution in [0, 0.1) is 5.92 Å². The van der Waals surface area contributed by atoms with E-state index >= 15 is 0 Å². The minimum absolute atomic E-state index is 0.0451. The maximum atomic E-state index is 5.50. The van der Waals surface area contributed by atoms with Gasteiger partial charge in [-0.2, -0.15) is 0 Å². The summed E-state index contributed by atoms with van der Waals surface area (Å²) >= 11 is 0. The molecular formula is C14H30O. The molecule has 15 heavy (non-hydrogen) atoms. The Hall–Kier alpha value is -0.0400. The molecular weight excluding hydrogens is 184 g/mol. The van der Waals surface area contributed by atoms with Crippen molar-refractivity contribution in [1.82, 2.24) is 0 Å². The van der Waals surface area contributed by atoms with Crippen LogP contribution >= 0.6 is 0 Å². The van der Waals surface area contributed by atoms with Gasteiger partial charge in [-0.15, -0.1) is 0 Å². The van der Waals surface area contributed by atoms with Crippen molar-refractivity contribution in [3.05, 3.63) is 0 Å². The van der Waals surface area contributed by atoms with Crippen molar-refractivity contribution >= 4 is 0 Å². The predicted molar refractivity (Wildman–Crippen MR) is 68.2 cm³/mol. The summed E-state index contributed by atoms with van der Waals surface area (Å²) in [5.74, 6) is 0.661. The highest BCUT2D eigenvalue weighted by atomic mass is 16.5. The predicted octanol–water partition coefficient (Wildman–Crippen LogP) is 4.80. The van der Waals surface area contributed by atoms with Crippen LogP contribution in [0.15, 0.2) is 0 Å². The first-order valence-corrected chi connectivity index (χ1v) is 6.59. The van der Waals surface area contributed by atoms with Crippen molar-refractivity contribution in [2.75, 3.05) is 7.11 Å². The summed E-state index contributed by atoms with van der Waals surface area (Å²) < 4.78 is 5.50. The molecule has 0 aromatic heterocycles. The molecule has 0 saturated carbocycles. The van der Waals surface area contributed by atoms with Gasteiger partial charge in [0.2, 0.25) is 0 Å². The van der Waals surface area contributed by atoms with Gasteiger partial charge in [0.25, 0.3) is 0 Å². The number of unbranched alkanes of at least 4 members (excludes halogenated alkanes) is 5. The highest BCUT2D eigenvalue weighted by Gasteiger charge is 2.24. The Labute approximate surface area is 96.6 Å². The highest BCUT2D eigenvalue weighted by Crippen LogP contribution is 2.25. The molecule has 1 atom stereocenters. The standard InChI is InChI=1S/C14H30O/c1-6-7-8-9-10-11-12-13(2)14(3,4)15-5/h13H,6-12H2,1-5H3. The number of methoxy groups -OCH3 is 1. The molecule has 0 saturated heterocycles. The number of ether oxygens (including phenoxy) is 1. The summed E-state index contributed by atoms with van der Waals surface area (Å²) in [4.78, 5) is 0. The van der Waals surface area contributed by atoms with Crippen molar-refractivity contribution in [3.8, 4) is 0 Å². The zero-order valence-electron chi connectivity index (χ0n) is 11.4. The van der Waals surface area contributed by atoms with Crippen LogP contribution in [0.3, 0.4) is 0 Å². The van der Waals surface area contributed by atoms with Crippen LogP contribution in [-0.2, 0) is 4.74 Å². The first kappa shape index (κ1) is 15.0. The summed E-state index contributed by atoms with van der Waals surface area (Å²) in [6.07, 6.45) is 9.62. The SMILES string of the molecule is CCCCCCCCC(C)C(C)(C)OC. The summed E-state index contributed by atoms with van der Waals surface area (Å²) in [6.45, 7) is 8.95. The van der Waals surface area contributed by atoms with E-state index in [-0.39, 0.29) is 5.60 Å². The molecule has 1 unspecified atom stereocenters. The van der Waals surface area contributed by atoms with Crippen LogP contribution in [-0.4, -0.2) is 12.7 Å². The largest absolute Gasteiger partial charge is 0.379 e. The van der Waals surface area contributed by atoms with E-state index in [4.69, 9.17) is 4.74 Å². The van der Waals surface area contributed by atoms with E-state index in [1.54, 1.807) is 0 Å². The van der Waals surface area contributed by atoms with Crippen molar-refractivity contribution in [2.24, 2.45) is 5.92 Å². The smallest absolute Gasteiger partial charge is 0.0648 e. The highest BCUT2D eigenvalue weighted by molar-refractivity contribution is 4.75. The van der Waals surface area contributed by atoms with Gasteiger partial charge in [-0.1, -0.05) is 52.4 Å². The average molecular weight is 214 g/mol. The number of hydrogen-bond donors (Lipinski definition) is 0. The van der Waals surface area contributed by atoms with Gasteiger partial charge < -0.3 is 4.74 Å². The zero-order valence-corrected chi connectivity index (χ0v) is 11.4. The van der Waals surface area contributed by atoms with E-state index in [1.165, 1.54) is 44.9 Å². The van der Waals surface area contributed by atoms with Gasteiger partial charge in [-0.05, 0) is 26.2 Å². The molecule has 0 bridgehead atoms. The number of rotatable bonds is 9. The molecule has 0 amide bonds. The first-order chi connectivity index (χ1) is 7.04. The fourth-order valence-electron chi connectivity index (χ4n) is 1.78. The van der Waals surface area contributed by atoms with Crippen molar-refractivity contribution in [2.45, 2.75) is 78.2 Å². The summed E-state index contributed by atoms with van der Waals surface area (Å²) in [5, 5.41) is 0. The van der Waals surface area contributed by atoms with Crippen LogP contribution in [0.4, 0.5) is 0 Å². The molecule has 0 aliphatic heterocycles. The second-order valence-corrected chi connectivity index (χ2v) is 5.27. The maximum Gasteiger partial charge on any atom is 0.0648 e. The van der Waals surface area contributed by atoms with Crippen LogP contribution in [0.2, 0.25) is 0 Å². The first-order valence-electron chi connectivity index (χ1n) is 6.59. The molecule has 0 aromatic carbocycles. The fraction of sp³-hybridized carbons (Fsp3) is 1.00. The van der Waals surface area contributed by atoms with E-state index < -0.39 is 0 Å². The van der Waals surface area contributed by atoms with Gasteiger partial charge in [0.05, 0.1) is 5.60 Å². The fourth-order valence-corrected chi connectivity index (χ4v) is 1.78. The third kappa shape index (κ3) is 6.94. The molecule has 92 valence electrons. The van der Waals surface area contributed by atoms with Gasteiger partial charge >= 0.3 is 0 Å². The Bertz CT molecular complexity index is 140. The molecule has 0 spiro atoms. The normalized spacial score (nSPS) is 14.2. The molecule has 1 nitrogen and oxygen atoms in total. The molecule has 0 heterocycles. The molecule has 0 aliphatic rings. The van der Waals surface area contributed by atoms with E-state index in [1.807, 2.05) is 7.11 Å². The van der Waals surface area contributed by atoms with Crippen LogP contribution in [0.5, 0.6) is 0 Å². The lowest BCUT2D eigenvalue weighted by Crippen LogP contribution is -2.31. The quantitative estimate of drug-likeness (QED) is 0.501. The van der Waals surface area contributed by atoms with Gasteiger partial charge in [0.1, 0.15) is 0 Å². The number of hydrogen-bond acceptors (Lipinski definition) is 1. The summed E-state index contributed by atoms with van der Waals surface area (Å²) in [6, 6.07) is 0. The molecule has 0 rings (SSSR count). The minimum Gasteiger partial charge on any atom is -0.379 e. The second kappa shape index (κ2) is 8.15. The van der Waals surface area contributed by atoms with Crippen LogP contribution in [0.25, 0.3) is 0 Å². The van der Waals surface area contributed by atoms with Crippen LogP contribution in [0.1, 0.15) is 72.6 Å². The van der Waals surface area contributed by atoms with Crippen molar-refractivity contribution in [3.63, 3.8) is 0 Å². The lowest BCUT2D eigenvalue weighted by Gasteiger charge is -2.30. The molecule has 0 N–H and O–H groups in total. The molecule has 0 aliphatic carbocycles. The van der Waals surface area contributed by atoms with Gasteiger partial charge in [0, 0.05) is 7.11 Å². The zero-order chi connectivity index (χ0) is 11.7. The van der Waals surface area contributed by atoms with E-state index in [9.17, 15) is 0 Å². The summed E-state index contributed by atoms with van der Waals surface area (Å²) in [7, 11) is 1.82. The third-order valence-corrected chi connectivity index (χ3v) is 3.70. The van der Waals surface area contributed by atoms with E-state index in [2.05, 4.69) is 27.7 Å². The van der Waals surface area contributed by atoms with Gasteiger partial charge in [-0.3, -0.25) is 0 Å². The maximum absolute atomic E-state index is 5.50. The summed E-state index contributed by atoms with van der Waals surface area (Å²) in [5.41, 5.74) is 0.0451. The topological polar surface area (TPSA) is 9.23 Å². The Morgan fingerprint density at radius 3 is 2.07 bits per heavy atom. The van der Waals surface area contributed by atoms with Gasteiger partial charge in [-0.25, -0.2) is 0 Å². The molecule has 0 radical (unpaired) electrons. The Kier molecular flexibility index (Phi) is 8.13. The third-order valence-electron chi connectivity index (χ3n) is 3.70. The van der Waals surface area contributed by atoms with Crippen molar-refractivity contribution < 1.29 is 4.74 Å². The van der Waals surface area contributed by atoms with E-state index in [0.717, 1.165) is 0 Å². The lowest BCUT2D eigenvalue weighted by molar-refractivity contribution is -0.0251. The van der Waals surface area contributed by atoms with Gasteiger partial charge in [0.15, 0.2) is 0 Å². The monoisotopic (exact) mass is 214 g/mol. The molecule has 0 fully saturated rings. The minimum atomic E-state index is 0.0451. The second-order valence-electron chi connectivity index (χ2n) is 5.27. The molecule has 1 heteroatoms. The van der Waals surface area contributed by atoms with E-state index in [0.29, 0.717) is 5.92 Å². The molecule has 0 aromatic rings. The Balaban J connectivity index is 3.43. The Morgan fingerprint density at radius 1 is 1.00 bits per heavy atom. The lowest BCUT2D eigenvalue weighted by atomic mass is 9.88. The average Bonchev–Trinajstić information content (AvgIpc) is 2.22. The van der Waals surface area contributed by atoms with Crippen LogP contribution < -0.4 is 0 Å². The van der Waals surface area contributed by atoms with Crippen molar-refractivity contribution in [1.29, 1.82) is 0 Å². The Morgan fingerprint density at radius 2 is 1.53 bits per heavy atom.